The summed E-state index contributed by atoms with van der Waals surface area (Å²) in [6, 6.07) is 25.4. The summed E-state index contributed by atoms with van der Waals surface area (Å²) in [7, 11) is 0. The van der Waals surface area contributed by atoms with Crippen molar-refractivity contribution in [3.63, 3.8) is 0 Å². The fraction of sp³-hybridized carbons (Fsp3) is 0.474. The van der Waals surface area contributed by atoms with Crippen LogP contribution in [0.5, 0.6) is 0 Å². The molecule has 5 atom stereocenters. The quantitative estimate of drug-likeness (QED) is 0.0120. The van der Waals surface area contributed by atoms with Crippen LogP contribution in [0, 0.1) is 5.82 Å². The number of nitrogens with one attached hydrogen (secondary N) is 7. The van der Waals surface area contributed by atoms with Crippen LogP contribution >= 0.6 is 23.2 Å². The van der Waals surface area contributed by atoms with Crippen LogP contribution in [0.3, 0.4) is 0 Å². The molecule has 4 fully saturated rings. The van der Waals surface area contributed by atoms with Gasteiger partial charge in [0.25, 0.3) is 11.8 Å². The van der Waals surface area contributed by atoms with Crippen molar-refractivity contribution in [2.75, 3.05) is 47.5 Å². The molecule has 12 rings (SSSR count). The molecule has 1 aliphatic carbocycles. The lowest BCUT2D eigenvalue weighted by Crippen LogP contribution is -2.60. The van der Waals surface area contributed by atoms with Gasteiger partial charge < -0.3 is 46.7 Å². The number of fused-ring (bicyclic) bond motifs is 5. The van der Waals surface area contributed by atoms with Crippen LogP contribution in [-0.2, 0) is 52.1 Å². The molecule has 3 saturated heterocycles. The Hall–Kier alpha value is -8.41. The summed E-state index contributed by atoms with van der Waals surface area (Å²) in [6.07, 6.45) is 16.6. The van der Waals surface area contributed by atoms with Crippen LogP contribution < -0.4 is 43.0 Å². The van der Waals surface area contributed by atoms with E-state index in [0.29, 0.717) is 103 Å². The topological polar surface area (TPSA) is 308 Å². The number of piperidine rings is 2. The van der Waals surface area contributed by atoms with E-state index >= 15 is 4.39 Å². The molecule has 7 aliphatic rings. The predicted octanol–water partition coefficient (Wildman–Crippen LogP) is 11.8. The number of unbranched alkanes of at least 4 members (excludes halogenated alkanes) is 7. The molecule has 0 bridgehead atoms. The first-order valence-electron chi connectivity index (χ1n) is 34.9. The van der Waals surface area contributed by atoms with Crippen molar-refractivity contribution in [3.8, 4) is 0 Å². The number of Topliss-reactive ketones (excluding diaryl/α,β-unsaturated/α-hetero) is 1. The summed E-state index contributed by atoms with van der Waals surface area (Å²) in [5, 5.41) is 29.6. The van der Waals surface area contributed by atoms with Crippen molar-refractivity contribution in [1.82, 2.24) is 25.8 Å². The standard InChI is InChI=1S/C48H47Cl2FN6O6.C17H22N4O3.C5H12O.C5H10O.CH4/c49-28-16-19-33-36(25-28)54-46(63)48(33)40(31-10-7-11-34(50)41(31)51)42(56-47(48)22-4-2-5-23-47)44(61)53-29-17-14-27(15-18-29)38(58)13-3-1-6-24-52-35-12-8-9-30-32(35)26-57(45(30)62)37-20-21-39(59)55-43(37)60;18-8-1-2-9-19-13-5-3-4-11-12(13)10-21(17(11)24)14-6-7-15(22)20-16(14)23;2*1-2-3-4-5-6;/h7-12,14-19,25,37,40,42,52,56H,1-6,13,20-24,26H2,(H,53,61)(H,54,63)(H,55,59,60);3-5,14,19H,1-2,6-10,18H2,(H,20,22,23);6H,2-5H2,1H3;5H,2-4H2,1H3;1H4/t37?,40-,42+,48+;;;;/m0..../s1. The minimum Gasteiger partial charge on any atom is -0.396 e. The molecule has 8 amide bonds. The molecule has 24 heteroatoms. The van der Waals surface area contributed by atoms with Crippen LogP contribution in [0.25, 0.3) is 0 Å². The third kappa shape index (κ3) is 17.3. The van der Waals surface area contributed by atoms with Crippen molar-refractivity contribution in [3.05, 3.63) is 152 Å². The highest BCUT2D eigenvalue weighted by Crippen LogP contribution is 2.63. The van der Waals surface area contributed by atoms with Crippen LogP contribution in [-0.4, -0.2) is 124 Å². The predicted molar refractivity (Wildman–Crippen MR) is 386 cm³/mol. The lowest BCUT2D eigenvalue weighted by atomic mass is 9.55. The molecule has 5 aromatic rings. The Bertz CT molecular complexity index is 3790. The van der Waals surface area contributed by atoms with Gasteiger partial charge in [0.05, 0.1) is 11.1 Å². The first-order valence-corrected chi connectivity index (χ1v) is 35.6. The highest BCUT2D eigenvalue weighted by atomic mass is 35.5. The molecule has 6 aliphatic heterocycles. The number of anilines is 4. The van der Waals surface area contributed by atoms with Gasteiger partial charge in [0, 0.05) is 126 Å². The number of aldehydes is 1. The number of hydrogen-bond acceptors (Lipinski definition) is 15. The number of carbonyl (C=O) groups excluding carboxylic acids is 10. The van der Waals surface area contributed by atoms with Gasteiger partial charge in [0.2, 0.25) is 35.4 Å². The van der Waals surface area contributed by atoms with E-state index in [2.05, 4.69) is 51.1 Å². The fourth-order valence-corrected chi connectivity index (χ4v) is 15.1. The molecule has 1 saturated carbocycles. The van der Waals surface area contributed by atoms with Gasteiger partial charge in [0.15, 0.2) is 5.78 Å². The maximum Gasteiger partial charge on any atom is 0.255 e. The van der Waals surface area contributed by atoms with E-state index in [0.717, 1.165) is 112 Å². The van der Waals surface area contributed by atoms with E-state index in [-0.39, 0.29) is 78.6 Å². The van der Waals surface area contributed by atoms with Crippen LogP contribution in [0.4, 0.5) is 27.1 Å². The number of carbonyl (C=O) groups is 10. The van der Waals surface area contributed by atoms with E-state index in [9.17, 15) is 47.9 Å². The van der Waals surface area contributed by atoms with E-state index in [1.807, 2.05) is 24.3 Å². The zero-order chi connectivity index (χ0) is 70.8. The number of benzene rings is 5. The third-order valence-electron chi connectivity index (χ3n) is 19.7. The van der Waals surface area contributed by atoms with E-state index in [1.54, 1.807) is 71.6 Å². The van der Waals surface area contributed by atoms with Crippen molar-refractivity contribution >= 4 is 105 Å². The van der Waals surface area contributed by atoms with Gasteiger partial charge in [-0.05, 0) is 149 Å². The number of amides is 8. The summed E-state index contributed by atoms with van der Waals surface area (Å²) in [4.78, 5) is 128. The number of aliphatic hydroxyl groups is 1. The van der Waals surface area contributed by atoms with Gasteiger partial charge in [0.1, 0.15) is 29.6 Å². The third-order valence-corrected chi connectivity index (χ3v) is 20.3. The second kappa shape index (κ2) is 36.3. The van der Waals surface area contributed by atoms with Crippen LogP contribution in [0.2, 0.25) is 10.0 Å². The summed E-state index contributed by atoms with van der Waals surface area (Å²) in [5.74, 6) is -4.24. The molecular weight excluding hydrogens is 1320 g/mol. The van der Waals surface area contributed by atoms with E-state index < -0.39 is 52.6 Å². The number of nitrogens with zero attached hydrogens (tertiary/aromatic N) is 2. The zero-order valence-electron chi connectivity index (χ0n) is 56.4. The molecule has 2 unspecified atom stereocenters. The minimum absolute atomic E-state index is 0. The van der Waals surface area contributed by atoms with Crippen molar-refractivity contribution in [2.45, 2.75) is 204 Å². The van der Waals surface area contributed by atoms with Gasteiger partial charge in [-0.25, -0.2) is 4.39 Å². The monoisotopic (exact) mass is 1410 g/mol. The largest absolute Gasteiger partial charge is 0.396 e. The van der Waals surface area contributed by atoms with Gasteiger partial charge in [-0.15, -0.1) is 0 Å². The fourth-order valence-electron chi connectivity index (χ4n) is 14.8. The molecule has 21 nitrogen and oxygen atoms in total. The highest BCUT2D eigenvalue weighted by Gasteiger charge is 2.72. The average molecular weight is 1410 g/mol. The number of hydrogen-bond donors (Lipinski definition) is 9. The summed E-state index contributed by atoms with van der Waals surface area (Å²) < 4.78 is 16.2. The molecule has 2 spiro atoms. The minimum atomic E-state index is -1.35. The molecule has 536 valence electrons. The van der Waals surface area contributed by atoms with Gasteiger partial charge in [-0.1, -0.05) is 120 Å². The lowest BCUT2D eigenvalue weighted by molar-refractivity contribution is -0.138. The molecule has 0 aromatic heterocycles. The number of imide groups is 2. The van der Waals surface area contributed by atoms with Gasteiger partial charge in [-0.2, -0.15) is 0 Å². The molecule has 10 N–H and O–H groups in total. The maximum atomic E-state index is 16.2. The van der Waals surface area contributed by atoms with Crippen molar-refractivity contribution < 1.29 is 57.4 Å². The van der Waals surface area contributed by atoms with Crippen LogP contribution in [0.15, 0.2) is 97.1 Å². The first kappa shape index (κ1) is 77.3. The van der Waals surface area contributed by atoms with Crippen LogP contribution in [0.1, 0.15) is 215 Å². The Balaban J connectivity index is 0.000000281. The van der Waals surface area contributed by atoms with E-state index in [4.69, 9.17) is 34.0 Å². The Labute approximate surface area is 594 Å². The number of nitrogens with two attached hydrogens (primary N) is 1. The highest BCUT2D eigenvalue weighted by molar-refractivity contribution is 6.31. The molecule has 6 heterocycles. The molecule has 100 heavy (non-hydrogen) atoms. The first-order chi connectivity index (χ1) is 47.9. The number of aliphatic hydroxyl groups excluding tert-OH is 1. The SMILES string of the molecule is C.CCCCC=O.CCCCCO.NCCCCNc1cccc2c1CN(C1CCC(=O)NC1=O)C2=O.O=C1CCC(N2Cc3c(NCCCCCC(=O)c4ccc(NC(=O)[C@@H]5NC6(CCCCC6)[C@@]6(C(=O)Nc7cc(Cl)ccc76)[C@H]5c5cccc(Cl)c5F)cc4)cccc3C2=O)C(=O)N1. The number of ketones is 1. The average Bonchev–Trinajstić information content (AvgIpc) is 1.50. The maximum absolute atomic E-state index is 16.2. The second-order valence-corrected chi connectivity index (χ2v) is 27.0. The van der Waals surface area contributed by atoms with E-state index in [1.165, 1.54) is 17.4 Å². The summed E-state index contributed by atoms with van der Waals surface area (Å²) >= 11 is 12.8. The molecule has 0 radical (unpaired) electrons. The number of rotatable bonds is 24. The molecule has 5 aromatic carbocycles. The Morgan fingerprint density at radius 1 is 0.690 bits per heavy atom. The normalized spacial score (nSPS) is 20.6. The smallest absolute Gasteiger partial charge is 0.255 e. The lowest BCUT2D eigenvalue weighted by Gasteiger charge is -2.47. The summed E-state index contributed by atoms with van der Waals surface area (Å²) in [5.41, 5.74) is 10.3. The van der Waals surface area contributed by atoms with Gasteiger partial charge >= 0.3 is 0 Å². The van der Waals surface area contributed by atoms with Crippen molar-refractivity contribution in [2.24, 2.45) is 5.73 Å². The Morgan fingerprint density at radius 2 is 1.27 bits per heavy atom. The second-order valence-electron chi connectivity index (χ2n) is 26.2. The van der Waals surface area contributed by atoms with Gasteiger partial charge in [-0.3, -0.25) is 59.1 Å². The van der Waals surface area contributed by atoms with Crippen molar-refractivity contribution in [1.29, 1.82) is 0 Å². The summed E-state index contributed by atoms with van der Waals surface area (Å²) in [6.45, 7) is 7.30. The molecular formula is C76H95Cl2FN10O11. The number of halogens is 3. The Morgan fingerprint density at radius 3 is 1.80 bits per heavy atom. The Kier molecular flexibility index (Phi) is 28.0. The zero-order valence-corrected chi connectivity index (χ0v) is 57.9.